The Kier molecular flexibility index (Phi) is 3.51. The summed E-state index contributed by atoms with van der Waals surface area (Å²) in [6, 6.07) is 2.04. The second kappa shape index (κ2) is 4.88. The van der Waals surface area contributed by atoms with Crippen LogP contribution >= 0.6 is 11.3 Å². The lowest BCUT2D eigenvalue weighted by molar-refractivity contribution is 0.0531. The summed E-state index contributed by atoms with van der Waals surface area (Å²) >= 11 is 1.56. The average Bonchev–Trinajstić information content (AvgIpc) is 2.82. The van der Waals surface area contributed by atoms with E-state index in [1.54, 1.807) is 11.3 Å². The standard InChI is InChI=1S/C11H15NO2S/c1-8(10-6-14-4-3-12-10)11(13)9-2-5-15-7-9/h2,5,7-8,10,12H,3-4,6H2,1H3. The highest BCUT2D eigenvalue weighted by molar-refractivity contribution is 7.08. The molecule has 1 N–H and O–H groups in total. The van der Waals surface area contributed by atoms with Gasteiger partial charge in [-0.25, -0.2) is 0 Å². The van der Waals surface area contributed by atoms with Crippen LogP contribution < -0.4 is 5.32 Å². The van der Waals surface area contributed by atoms with E-state index in [2.05, 4.69) is 5.32 Å². The molecule has 2 heterocycles. The number of hydrogen-bond acceptors (Lipinski definition) is 4. The molecule has 1 aromatic heterocycles. The molecule has 1 aliphatic rings. The second-order valence-electron chi connectivity index (χ2n) is 3.80. The van der Waals surface area contributed by atoms with Crippen LogP contribution in [0.15, 0.2) is 16.8 Å². The lowest BCUT2D eigenvalue weighted by Crippen LogP contribution is -2.47. The molecule has 4 heteroatoms. The number of ether oxygens (including phenoxy) is 1. The first-order valence-electron chi connectivity index (χ1n) is 5.16. The molecule has 2 unspecified atom stereocenters. The molecule has 2 rings (SSSR count). The van der Waals surface area contributed by atoms with Crippen LogP contribution in [0.2, 0.25) is 0 Å². The van der Waals surface area contributed by atoms with E-state index in [0.717, 1.165) is 18.7 Å². The summed E-state index contributed by atoms with van der Waals surface area (Å²) in [7, 11) is 0. The highest BCUT2D eigenvalue weighted by Crippen LogP contribution is 2.16. The Labute approximate surface area is 93.4 Å². The molecule has 82 valence electrons. The minimum Gasteiger partial charge on any atom is -0.378 e. The number of rotatable bonds is 3. The Hall–Kier alpha value is -0.710. The van der Waals surface area contributed by atoms with Gasteiger partial charge in [0.05, 0.1) is 13.2 Å². The molecular formula is C11H15NO2S. The molecule has 1 aliphatic heterocycles. The van der Waals surface area contributed by atoms with Crippen molar-refractivity contribution in [3.63, 3.8) is 0 Å². The van der Waals surface area contributed by atoms with Gasteiger partial charge in [-0.2, -0.15) is 11.3 Å². The van der Waals surface area contributed by atoms with E-state index in [0.29, 0.717) is 6.61 Å². The SMILES string of the molecule is CC(C(=O)c1ccsc1)C1COCCN1. The minimum absolute atomic E-state index is 0.0140. The van der Waals surface area contributed by atoms with Crippen LogP contribution in [0.3, 0.4) is 0 Å². The fraction of sp³-hybridized carbons (Fsp3) is 0.545. The summed E-state index contributed by atoms with van der Waals surface area (Å²) < 4.78 is 5.36. The predicted molar refractivity (Wildman–Crippen MR) is 60.4 cm³/mol. The lowest BCUT2D eigenvalue weighted by Gasteiger charge is -2.28. The van der Waals surface area contributed by atoms with E-state index >= 15 is 0 Å². The highest BCUT2D eigenvalue weighted by Gasteiger charge is 2.26. The van der Waals surface area contributed by atoms with Crippen molar-refractivity contribution in [1.82, 2.24) is 5.32 Å². The van der Waals surface area contributed by atoms with Crippen LogP contribution in [-0.2, 0) is 4.74 Å². The fourth-order valence-corrected chi connectivity index (χ4v) is 2.40. The number of thiophene rings is 1. The molecule has 0 bridgehead atoms. The van der Waals surface area contributed by atoms with Gasteiger partial charge in [0.1, 0.15) is 0 Å². The van der Waals surface area contributed by atoms with E-state index in [4.69, 9.17) is 4.74 Å². The molecule has 1 aromatic rings. The maximum atomic E-state index is 12.0. The van der Waals surface area contributed by atoms with E-state index in [1.807, 2.05) is 23.8 Å². The number of carbonyl (C=O) groups excluding carboxylic acids is 1. The Morgan fingerprint density at radius 1 is 1.73 bits per heavy atom. The highest BCUT2D eigenvalue weighted by atomic mass is 32.1. The lowest BCUT2D eigenvalue weighted by atomic mass is 9.94. The van der Waals surface area contributed by atoms with Gasteiger partial charge >= 0.3 is 0 Å². The van der Waals surface area contributed by atoms with Crippen molar-refractivity contribution >= 4 is 17.1 Å². The second-order valence-corrected chi connectivity index (χ2v) is 4.58. The van der Waals surface area contributed by atoms with Gasteiger partial charge in [0.25, 0.3) is 0 Å². The van der Waals surface area contributed by atoms with E-state index in [9.17, 15) is 4.79 Å². The van der Waals surface area contributed by atoms with Crippen LogP contribution in [0.5, 0.6) is 0 Å². The molecular weight excluding hydrogens is 210 g/mol. The van der Waals surface area contributed by atoms with E-state index in [1.165, 1.54) is 0 Å². The first kappa shape index (κ1) is 10.8. The summed E-state index contributed by atoms with van der Waals surface area (Å²) in [5.74, 6) is 0.194. The Morgan fingerprint density at radius 3 is 3.20 bits per heavy atom. The van der Waals surface area contributed by atoms with Gasteiger partial charge in [-0.05, 0) is 11.4 Å². The normalized spacial score (nSPS) is 23.7. The van der Waals surface area contributed by atoms with Crippen molar-refractivity contribution in [3.05, 3.63) is 22.4 Å². The smallest absolute Gasteiger partial charge is 0.168 e. The Balaban J connectivity index is 2.00. The molecule has 3 nitrogen and oxygen atoms in total. The molecule has 15 heavy (non-hydrogen) atoms. The molecule has 1 saturated heterocycles. The third-order valence-electron chi connectivity index (χ3n) is 2.77. The third kappa shape index (κ3) is 2.45. The quantitative estimate of drug-likeness (QED) is 0.793. The van der Waals surface area contributed by atoms with Crippen molar-refractivity contribution in [2.45, 2.75) is 13.0 Å². The van der Waals surface area contributed by atoms with Gasteiger partial charge in [0.15, 0.2) is 5.78 Å². The molecule has 0 aromatic carbocycles. The monoisotopic (exact) mass is 225 g/mol. The molecule has 1 fully saturated rings. The van der Waals surface area contributed by atoms with Crippen molar-refractivity contribution in [2.24, 2.45) is 5.92 Å². The van der Waals surface area contributed by atoms with Crippen LogP contribution in [0.1, 0.15) is 17.3 Å². The van der Waals surface area contributed by atoms with Gasteiger partial charge in [0.2, 0.25) is 0 Å². The Morgan fingerprint density at radius 2 is 2.60 bits per heavy atom. The first-order valence-corrected chi connectivity index (χ1v) is 6.11. The van der Waals surface area contributed by atoms with Crippen molar-refractivity contribution < 1.29 is 9.53 Å². The summed E-state index contributed by atoms with van der Waals surface area (Å²) in [5.41, 5.74) is 0.819. The molecule has 0 spiro atoms. The van der Waals surface area contributed by atoms with Crippen LogP contribution in [0.4, 0.5) is 0 Å². The van der Waals surface area contributed by atoms with Gasteiger partial charge in [0, 0.05) is 29.4 Å². The molecule has 0 amide bonds. The largest absolute Gasteiger partial charge is 0.378 e. The molecule has 0 radical (unpaired) electrons. The maximum absolute atomic E-state index is 12.0. The molecule has 2 atom stereocenters. The minimum atomic E-state index is -0.0140. The molecule has 0 saturated carbocycles. The van der Waals surface area contributed by atoms with Gasteiger partial charge in [-0.15, -0.1) is 0 Å². The number of morpholine rings is 1. The topological polar surface area (TPSA) is 38.3 Å². The zero-order valence-electron chi connectivity index (χ0n) is 8.73. The van der Waals surface area contributed by atoms with Gasteiger partial charge in [-0.1, -0.05) is 6.92 Å². The van der Waals surface area contributed by atoms with Crippen LogP contribution in [0, 0.1) is 5.92 Å². The van der Waals surface area contributed by atoms with Crippen LogP contribution in [0.25, 0.3) is 0 Å². The maximum Gasteiger partial charge on any atom is 0.168 e. The summed E-state index contributed by atoms with van der Waals surface area (Å²) in [6.45, 7) is 4.19. The Bertz CT molecular complexity index is 317. The van der Waals surface area contributed by atoms with Gasteiger partial charge in [-0.3, -0.25) is 4.79 Å². The first-order chi connectivity index (χ1) is 7.29. The zero-order chi connectivity index (χ0) is 10.7. The number of nitrogens with one attached hydrogen (secondary N) is 1. The van der Waals surface area contributed by atoms with E-state index < -0.39 is 0 Å². The van der Waals surface area contributed by atoms with Crippen molar-refractivity contribution in [3.8, 4) is 0 Å². The summed E-state index contributed by atoms with van der Waals surface area (Å²) in [6.07, 6.45) is 0. The number of Topliss-reactive ketones (excluding diaryl/α,β-unsaturated/α-hetero) is 1. The fourth-order valence-electron chi connectivity index (χ4n) is 1.76. The number of ketones is 1. The van der Waals surface area contributed by atoms with Crippen molar-refractivity contribution in [2.75, 3.05) is 19.8 Å². The average molecular weight is 225 g/mol. The summed E-state index contributed by atoms with van der Waals surface area (Å²) in [5, 5.41) is 7.16. The third-order valence-corrected chi connectivity index (χ3v) is 3.46. The van der Waals surface area contributed by atoms with Crippen molar-refractivity contribution in [1.29, 1.82) is 0 Å². The van der Waals surface area contributed by atoms with Gasteiger partial charge < -0.3 is 10.1 Å². The number of hydrogen-bond donors (Lipinski definition) is 1. The zero-order valence-corrected chi connectivity index (χ0v) is 9.55. The predicted octanol–water partition coefficient (Wildman–Crippen LogP) is 1.56. The molecule has 0 aliphatic carbocycles. The summed E-state index contributed by atoms with van der Waals surface area (Å²) in [4.78, 5) is 12.0. The number of carbonyl (C=O) groups is 1. The van der Waals surface area contributed by atoms with E-state index in [-0.39, 0.29) is 17.7 Å². The van der Waals surface area contributed by atoms with Crippen LogP contribution in [-0.4, -0.2) is 31.6 Å².